The predicted octanol–water partition coefficient (Wildman–Crippen LogP) is 3.68. The number of hydrogen-bond donors (Lipinski definition) is 1. The van der Waals surface area contributed by atoms with Gasteiger partial charge >= 0.3 is 0 Å². The zero-order chi connectivity index (χ0) is 15.3. The number of amides is 1. The second kappa shape index (κ2) is 11.3. The van der Waals surface area contributed by atoms with Gasteiger partial charge in [0.2, 0.25) is 5.91 Å². The molecule has 1 aromatic heterocycles. The molecule has 1 heterocycles. The van der Waals surface area contributed by atoms with Gasteiger partial charge in [-0.2, -0.15) is 5.10 Å². The van der Waals surface area contributed by atoms with Gasteiger partial charge in [0, 0.05) is 13.5 Å². The highest BCUT2D eigenvalue weighted by molar-refractivity contribution is 5.75. The molecular weight excluding hydrogens is 264 g/mol. The summed E-state index contributed by atoms with van der Waals surface area (Å²) in [5.41, 5.74) is 0. The van der Waals surface area contributed by atoms with Gasteiger partial charge in [0.25, 0.3) is 0 Å². The van der Waals surface area contributed by atoms with Crippen molar-refractivity contribution in [2.45, 2.75) is 77.7 Å². The van der Waals surface area contributed by atoms with E-state index in [9.17, 15) is 4.79 Å². The molecule has 0 aliphatic carbocycles. The van der Waals surface area contributed by atoms with Gasteiger partial charge in [-0.25, -0.2) is 4.98 Å². The highest BCUT2D eigenvalue weighted by Crippen LogP contribution is 2.11. The summed E-state index contributed by atoms with van der Waals surface area (Å²) < 4.78 is 0. The average molecular weight is 294 g/mol. The molecule has 1 amide bonds. The Balaban J connectivity index is 1.95. The first-order chi connectivity index (χ1) is 10.2. The number of carbonyl (C=O) groups is 1. The van der Waals surface area contributed by atoms with Crippen LogP contribution in [-0.2, 0) is 11.3 Å². The van der Waals surface area contributed by atoms with Crippen molar-refractivity contribution in [1.29, 1.82) is 0 Å². The van der Waals surface area contributed by atoms with Crippen LogP contribution < -0.4 is 0 Å². The summed E-state index contributed by atoms with van der Waals surface area (Å²) in [5, 5.41) is 6.56. The van der Waals surface area contributed by atoms with Crippen LogP contribution in [0.15, 0.2) is 6.33 Å². The van der Waals surface area contributed by atoms with E-state index in [0.717, 1.165) is 18.7 Å². The minimum Gasteiger partial charge on any atom is -0.338 e. The third-order valence-corrected chi connectivity index (χ3v) is 3.77. The van der Waals surface area contributed by atoms with Crippen molar-refractivity contribution in [1.82, 2.24) is 20.1 Å². The molecule has 0 saturated heterocycles. The Bertz CT molecular complexity index is 364. The van der Waals surface area contributed by atoms with Gasteiger partial charge in [0.05, 0.1) is 6.54 Å². The SMILES string of the molecule is CCCCCCCCCCCC(=O)N(C)Cc1ncn[nH]1. The number of aromatic amines is 1. The maximum absolute atomic E-state index is 11.9. The van der Waals surface area contributed by atoms with Crippen molar-refractivity contribution in [3.8, 4) is 0 Å². The molecule has 0 unspecified atom stereocenters. The molecule has 1 N–H and O–H groups in total. The van der Waals surface area contributed by atoms with Crippen LogP contribution >= 0.6 is 0 Å². The van der Waals surface area contributed by atoms with Gasteiger partial charge in [-0.15, -0.1) is 0 Å². The maximum Gasteiger partial charge on any atom is 0.222 e. The molecule has 0 saturated carbocycles. The van der Waals surface area contributed by atoms with E-state index < -0.39 is 0 Å². The Morgan fingerprint density at radius 2 is 1.71 bits per heavy atom. The van der Waals surface area contributed by atoms with Gasteiger partial charge in [-0.3, -0.25) is 9.89 Å². The van der Waals surface area contributed by atoms with Crippen molar-refractivity contribution >= 4 is 5.91 Å². The zero-order valence-corrected chi connectivity index (χ0v) is 13.6. The minimum atomic E-state index is 0.189. The second-order valence-corrected chi connectivity index (χ2v) is 5.76. The molecule has 0 aliphatic heterocycles. The molecule has 0 radical (unpaired) electrons. The molecular formula is C16H30N4O. The molecule has 21 heavy (non-hydrogen) atoms. The number of H-pyrrole nitrogens is 1. The van der Waals surface area contributed by atoms with Crippen LogP contribution in [0.25, 0.3) is 0 Å². The average Bonchev–Trinajstić information content (AvgIpc) is 2.98. The predicted molar refractivity (Wildman–Crippen MR) is 84.7 cm³/mol. The van der Waals surface area contributed by atoms with E-state index >= 15 is 0 Å². The fraction of sp³-hybridized carbons (Fsp3) is 0.812. The molecule has 0 bridgehead atoms. The number of unbranched alkanes of at least 4 members (excludes halogenated alkanes) is 8. The first-order valence-corrected chi connectivity index (χ1v) is 8.32. The van der Waals surface area contributed by atoms with E-state index in [1.54, 1.807) is 4.90 Å². The molecule has 1 rings (SSSR count). The third-order valence-electron chi connectivity index (χ3n) is 3.77. The van der Waals surface area contributed by atoms with Crippen LogP contribution in [0.1, 0.15) is 77.0 Å². The molecule has 1 aromatic rings. The summed E-state index contributed by atoms with van der Waals surface area (Å²) in [5.74, 6) is 0.923. The monoisotopic (exact) mass is 294 g/mol. The van der Waals surface area contributed by atoms with Gasteiger partial charge in [0.15, 0.2) is 0 Å². The fourth-order valence-electron chi connectivity index (χ4n) is 2.40. The summed E-state index contributed by atoms with van der Waals surface area (Å²) in [4.78, 5) is 17.7. The van der Waals surface area contributed by atoms with E-state index in [0.29, 0.717) is 13.0 Å². The fourth-order valence-corrected chi connectivity index (χ4v) is 2.40. The summed E-state index contributed by atoms with van der Waals surface area (Å²) >= 11 is 0. The number of aromatic nitrogens is 3. The van der Waals surface area contributed by atoms with Crippen molar-refractivity contribution in [3.05, 3.63) is 12.2 Å². The molecule has 5 heteroatoms. The first-order valence-electron chi connectivity index (χ1n) is 8.32. The lowest BCUT2D eigenvalue weighted by molar-refractivity contribution is -0.130. The van der Waals surface area contributed by atoms with Crippen molar-refractivity contribution in [2.75, 3.05) is 7.05 Å². The molecule has 5 nitrogen and oxygen atoms in total. The maximum atomic E-state index is 11.9. The van der Waals surface area contributed by atoms with Crippen molar-refractivity contribution < 1.29 is 4.79 Å². The van der Waals surface area contributed by atoms with Gasteiger partial charge in [0.1, 0.15) is 12.2 Å². The molecule has 0 fully saturated rings. The largest absolute Gasteiger partial charge is 0.338 e. The Kier molecular flexibility index (Phi) is 9.49. The van der Waals surface area contributed by atoms with Crippen LogP contribution in [0.2, 0.25) is 0 Å². The zero-order valence-electron chi connectivity index (χ0n) is 13.6. The molecule has 120 valence electrons. The standard InChI is InChI=1S/C16H30N4O/c1-3-4-5-6-7-8-9-10-11-12-16(21)20(2)13-15-17-14-18-19-15/h14H,3-13H2,1-2H3,(H,17,18,19). The Morgan fingerprint density at radius 3 is 2.29 bits per heavy atom. The minimum absolute atomic E-state index is 0.189. The van der Waals surface area contributed by atoms with E-state index in [1.165, 1.54) is 51.3 Å². The quantitative estimate of drug-likeness (QED) is 0.598. The van der Waals surface area contributed by atoms with Crippen LogP contribution in [0.3, 0.4) is 0 Å². The lowest BCUT2D eigenvalue weighted by Gasteiger charge is -2.15. The molecule has 0 atom stereocenters. The Hall–Kier alpha value is -1.39. The second-order valence-electron chi connectivity index (χ2n) is 5.76. The summed E-state index contributed by atoms with van der Waals surface area (Å²) in [7, 11) is 1.82. The van der Waals surface area contributed by atoms with E-state index in [4.69, 9.17) is 0 Å². The molecule has 0 aliphatic rings. The van der Waals surface area contributed by atoms with Crippen LogP contribution in [-0.4, -0.2) is 33.0 Å². The number of hydrogen-bond acceptors (Lipinski definition) is 3. The van der Waals surface area contributed by atoms with Gasteiger partial charge < -0.3 is 4.90 Å². The summed E-state index contributed by atoms with van der Waals surface area (Å²) in [6.07, 6.45) is 13.6. The normalized spacial score (nSPS) is 10.8. The van der Waals surface area contributed by atoms with Crippen molar-refractivity contribution in [2.24, 2.45) is 0 Å². The van der Waals surface area contributed by atoms with E-state index in [2.05, 4.69) is 22.1 Å². The van der Waals surface area contributed by atoms with E-state index in [-0.39, 0.29) is 5.91 Å². The Morgan fingerprint density at radius 1 is 1.10 bits per heavy atom. The number of carbonyl (C=O) groups excluding carboxylic acids is 1. The molecule has 0 spiro atoms. The summed E-state index contributed by atoms with van der Waals surface area (Å²) in [6.45, 7) is 2.76. The summed E-state index contributed by atoms with van der Waals surface area (Å²) in [6, 6.07) is 0. The van der Waals surface area contributed by atoms with Crippen LogP contribution in [0, 0.1) is 0 Å². The number of rotatable bonds is 12. The number of nitrogens with one attached hydrogen (secondary N) is 1. The molecule has 0 aromatic carbocycles. The van der Waals surface area contributed by atoms with Crippen LogP contribution in [0.5, 0.6) is 0 Å². The van der Waals surface area contributed by atoms with Gasteiger partial charge in [-0.1, -0.05) is 58.3 Å². The Labute approximate surface area is 128 Å². The first kappa shape index (κ1) is 17.7. The third kappa shape index (κ3) is 8.48. The highest BCUT2D eigenvalue weighted by Gasteiger charge is 2.09. The highest BCUT2D eigenvalue weighted by atomic mass is 16.2. The lowest BCUT2D eigenvalue weighted by atomic mass is 10.1. The van der Waals surface area contributed by atoms with Gasteiger partial charge in [-0.05, 0) is 6.42 Å². The topological polar surface area (TPSA) is 61.9 Å². The van der Waals surface area contributed by atoms with Crippen LogP contribution in [0.4, 0.5) is 0 Å². The lowest BCUT2D eigenvalue weighted by Crippen LogP contribution is -2.26. The number of nitrogens with zero attached hydrogens (tertiary/aromatic N) is 3. The smallest absolute Gasteiger partial charge is 0.222 e. The van der Waals surface area contributed by atoms with Crippen molar-refractivity contribution in [3.63, 3.8) is 0 Å². The van der Waals surface area contributed by atoms with E-state index in [1.807, 2.05) is 7.05 Å².